The molecule has 4 atom stereocenters. The first-order valence-corrected chi connectivity index (χ1v) is 8.37. The van der Waals surface area contributed by atoms with E-state index in [4.69, 9.17) is 9.47 Å². The van der Waals surface area contributed by atoms with E-state index in [-0.39, 0.29) is 29.7 Å². The Morgan fingerprint density at radius 2 is 1.68 bits per heavy atom. The summed E-state index contributed by atoms with van der Waals surface area (Å²) in [6.45, 7) is 5.57. The number of esters is 1. The maximum atomic E-state index is 13.1. The van der Waals surface area contributed by atoms with Crippen molar-refractivity contribution in [3.8, 4) is 0 Å². The molecule has 2 fully saturated rings. The van der Waals surface area contributed by atoms with E-state index in [2.05, 4.69) is 0 Å². The van der Waals surface area contributed by atoms with Crippen LogP contribution in [0.3, 0.4) is 0 Å². The molecule has 4 rings (SSSR count). The number of amides is 2. The van der Waals surface area contributed by atoms with E-state index in [1.807, 2.05) is 26.0 Å². The number of benzene rings is 1. The van der Waals surface area contributed by atoms with E-state index in [1.54, 1.807) is 31.2 Å². The molecule has 2 bridgehead atoms. The topological polar surface area (TPSA) is 72.9 Å². The highest BCUT2D eigenvalue weighted by molar-refractivity contribution is 6.25. The van der Waals surface area contributed by atoms with Crippen LogP contribution in [0.1, 0.15) is 31.1 Å². The standard InChI is InChI=1S/C19H19NO5/c1-4-24-17(23)11-7-5-6-8-12(11)20-15(21)13-14(16(20)22)19(3)10-9-18(13,2)25-19/h5-10,13-14H,4H2,1-3H3/t13-,14-,18-,19-/m1/s1. The molecule has 6 heteroatoms. The lowest BCUT2D eigenvalue weighted by Gasteiger charge is -2.26. The van der Waals surface area contributed by atoms with Gasteiger partial charge in [0.05, 0.1) is 40.9 Å². The number of anilines is 1. The second-order valence-electron chi connectivity index (χ2n) is 7.01. The fourth-order valence-corrected chi connectivity index (χ4v) is 4.32. The summed E-state index contributed by atoms with van der Waals surface area (Å²) >= 11 is 0. The smallest absolute Gasteiger partial charge is 0.340 e. The maximum absolute atomic E-state index is 13.1. The van der Waals surface area contributed by atoms with Crippen LogP contribution in [-0.4, -0.2) is 35.6 Å². The van der Waals surface area contributed by atoms with Crippen molar-refractivity contribution < 1.29 is 23.9 Å². The predicted molar refractivity (Wildman–Crippen MR) is 88.9 cm³/mol. The zero-order chi connectivity index (χ0) is 18.0. The molecule has 6 nitrogen and oxygen atoms in total. The molecule has 130 valence electrons. The van der Waals surface area contributed by atoms with Gasteiger partial charge in [0.15, 0.2) is 0 Å². The zero-order valence-electron chi connectivity index (χ0n) is 14.3. The quantitative estimate of drug-likeness (QED) is 0.478. The second-order valence-corrected chi connectivity index (χ2v) is 7.01. The van der Waals surface area contributed by atoms with Gasteiger partial charge in [0.1, 0.15) is 0 Å². The van der Waals surface area contributed by atoms with Gasteiger partial charge in [-0.25, -0.2) is 9.69 Å². The Hall–Kier alpha value is -2.47. The molecule has 0 saturated carbocycles. The van der Waals surface area contributed by atoms with Crippen LogP contribution in [0.5, 0.6) is 0 Å². The molecular weight excluding hydrogens is 322 g/mol. The van der Waals surface area contributed by atoms with E-state index in [0.717, 1.165) is 4.90 Å². The highest BCUT2D eigenvalue weighted by atomic mass is 16.5. The van der Waals surface area contributed by atoms with Crippen molar-refractivity contribution in [2.75, 3.05) is 11.5 Å². The second kappa shape index (κ2) is 5.02. The van der Waals surface area contributed by atoms with Crippen LogP contribution >= 0.6 is 0 Å². The number of hydrogen-bond donors (Lipinski definition) is 0. The highest BCUT2D eigenvalue weighted by Crippen LogP contribution is 2.57. The average molecular weight is 341 g/mol. The molecule has 0 radical (unpaired) electrons. The minimum atomic E-state index is -0.792. The minimum Gasteiger partial charge on any atom is -0.462 e. The van der Waals surface area contributed by atoms with Gasteiger partial charge in [-0.05, 0) is 32.9 Å². The van der Waals surface area contributed by atoms with Crippen molar-refractivity contribution in [2.45, 2.75) is 32.0 Å². The summed E-state index contributed by atoms with van der Waals surface area (Å²) in [4.78, 5) is 39.6. The number of ether oxygens (including phenoxy) is 2. The first-order valence-electron chi connectivity index (χ1n) is 8.37. The van der Waals surface area contributed by atoms with E-state index >= 15 is 0 Å². The number of para-hydroxylation sites is 1. The van der Waals surface area contributed by atoms with Crippen molar-refractivity contribution in [1.29, 1.82) is 0 Å². The SMILES string of the molecule is CCOC(=O)c1ccccc1N1C(=O)[C@H]2[C@H](C1=O)[C@@]1(C)C=C[C@@]2(C)O1. The van der Waals surface area contributed by atoms with Gasteiger partial charge in [-0.15, -0.1) is 0 Å². The molecule has 0 aromatic heterocycles. The molecule has 2 amide bonds. The number of carbonyl (C=O) groups is 3. The molecule has 1 aromatic rings. The van der Waals surface area contributed by atoms with E-state index in [0.29, 0.717) is 0 Å². The maximum Gasteiger partial charge on any atom is 0.340 e. The summed E-state index contributed by atoms with van der Waals surface area (Å²) in [6.07, 6.45) is 3.72. The van der Waals surface area contributed by atoms with E-state index in [1.165, 1.54) is 0 Å². The molecule has 0 spiro atoms. The van der Waals surface area contributed by atoms with E-state index < -0.39 is 29.0 Å². The highest BCUT2D eigenvalue weighted by Gasteiger charge is 2.70. The van der Waals surface area contributed by atoms with Crippen molar-refractivity contribution in [1.82, 2.24) is 0 Å². The normalized spacial score (nSPS) is 35.4. The molecule has 3 heterocycles. The summed E-state index contributed by atoms with van der Waals surface area (Å²) < 4.78 is 11.0. The molecule has 25 heavy (non-hydrogen) atoms. The van der Waals surface area contributed by atoms with Crippen molar-refractivity contribution in [3.63, 3.8) is 0 Å². The third kappa shape index (κ3) is 1.97. The molecule has 0 N–H and O–H groups in total. The van der Waals surface area contributed by atoms with Crippen LogP contribution in [0.2, 0.25) is 0 Å². The number of nitrogens with zero attached hydrogens (tertiary/aromatic N) is 1. The number of hydrogen-bond acceptors (Lipinski definition) is 5. The summed E-state index contributed by atoms with van der Waals surface area (Å²) in [6, 6.07) is 6.54. The van der Waals surface area contributed by atoms with Gasteiger partial charge in [0.2, 0.25) is 11.8 Å². The molecule has 0 unspecified atom stereocenters. The first kappa shape index (κ1) is 16.0. The summed E-state index contributed by atoms with van der Waals surface area (Å²) in [5.41, 5.74) is -1.10. The summed E-state index contributed by atoms with van der Waals surface area (Å²) in [5, 5.41) is 0. The van der Waals surface area contributed by atoms with Crippen LogP contribution in [0.4, 0.5) is 5.69 Å². The number of fused-ring (bicyclic) bond motifs is 5. The Kier molecular flexibility index (Phi) is 3.22. The summed E-state index contributed by atoms with van der Waals surface area (Å²) in [5.74, 6) is -2.37. The third-order valence-corrected chi connectivity index (χ3v) is 5.37. The summed E-state index contributed by atoms with van der Waals surface area (Å²) in [7, 11) is 0. The molecule has 3 aliphatic heterocycles. The molecular formula is C19H19NO5. The number of carbonyl (C=O) groups excluding carboxylic acids is 3. The van der Waals surface area contributed by atoms with Gasteiger partial charge in [-0.3, -0.25) is 9.59 Å². The van der Waals surface area contributed by atoms with Crippen LogP contribution in [-0.2, 0) is 19.1 Å². The monoisotopic (exact) mass is 341 g/mol. The zero-order valence-corrected chi connectivity index (χ0v) is 14.3. The molecule has 1 aromatic carbocycles. The third-order valence-electron chi connectivity index (χ3n) is 5.37. The fourth-order valence-electron chi connectivity index (χ4n) is 4.32. The largest absolute Gasteiger partial charge is 0.462 e. The lowest BCUT2D eigenvalue weighted by Crippen LogP contribution is -2.40. The lowest BCUT2D eigenvalue weighted by molar-refractivity contribution is -0.128. The van der Waals surface area contributed by atoms with Crippen molar-refractivity contribution in [2.24, 2.45) is 11.8 Å². The Morgan fingerprint density at radius 3 is 2.24 bits per heavy atom. The average Bonchev–Trinajstić information content (AvgIpc) is 3.12. The van der Waals surface area contributed by atoms with Gasteiger partial charge in [0, 0.05) is 0 Å². The van der Waals surface area contributed by atoms with Crippen LogP contribution in [0.15, 0.2) is 36.4 Å². The Bertz CT molecular complexity index is 795. The van der Waals surface area contributed by atoms with Gasteiger partial charge < -0.3 is 9.47 Å². The molecule has 0 aliphatic carbocycles. The molecule has 2 saturated heterocycles. The number of imide groups is 1. The lowest BCUT2D eigenvalue weighted by atomic mass is 9.73. The minimum absolute atomic E-state index is 0.211. The Morgan fingerprint density at radius 1 is 1.12 bits per heavy atom. The first-order chi connectivity index (χ1) is 11.8. The predicted octanol–water partition coefficient (Wildman–Crippen LogP) is 2.09. The number of rotatable bonds is 3. The van der Waals surface area contributed by atoms with E-state index in [9.17, 15) is 14.4 Å². The van der Waals surface area contributed by atoms with Gasteiger partial charge in [0.25, 0.3) is 0 Å². The molecule has 3 aliphatic rings. The van der Waals surface area contributed by atoms with Crippen LogP contribution < -0.4 is 4.90 Å². The van der Waals surface area contributed by atoms with Gasteiger partial charge in [-0.2, -0.15) is 0 Å². The Labute approximate surface area is 145 Å². The fraction of sp³-hybridized carbons (Fsp3) is 0.421. The van der Waals surface area contributed by atoms with Crippen molar-refractivity contribution in [3.05, 3.63) is 42.0 Å². The van der Waals surface area contributed by atoms with Crippen molar-refractivity contribution >= 4 is 23.5 Å². The van der Waals surface area contributed by atoms with Crippen LogP contribution in [0.25, 0.3) is 0 Å². The Balaban J connectivity index is 1.79. The van der Waals surface area contributed by atoms with Gasteiger partial charge in [-0.1, -0.05) is 24.3 Å². The van der Waals surface area contributed by atoms with Crippen LogP contribution in [0, 0.1) is 11.8 Å². The van der Waals surface area contributed by atoms with Gasteiger partial charge >= 0.3 is 5.97 Å².